The number of fused-ring (bicyclic) bond motifs is 1. The van der Waals surface area contributed by atoms with Crippen molar-refractivity contribution in [2.45, 2.75) is 18.4 Å². The average molecular weight is 465 g/mol. The molecule has 33 heavy (non-hydrogen) atoms. The molecule has 2 aromatic carbocycles. The standard InChI is InChI=1S/C25H24N2O5S/c1-4-31-20-9-7-16(12-21(20)30-3)13-23-25(29)27(2)19-14-17(8-10-22(19)33-23)24(28)26-15-18-6-5-11-32-18/h5-14H,4,15H2,1-3H3,(H,26,28). The van der Waals surface area contributed by atoms with Gasteiger partial charge in [0, 0.05) is 17.5 Å². The number of amides is 2. The molecule has 0 atom stereocenters. The largest absolute Gasteiger partial charge is 0.493 e. The van der Waals surface area contributed by atoms with E-state index in [9.17, 15) is 9.59 Å². The van der Waals surface area contributed by atoms with Gasteiger partial charge in [0.2, 0.25) is 0 Å². The molecule has 1 aromatic heterocycles. The molecule has 0 unspecified atom stereocenters. The molecule has 0 bridgehead atoms. The molecule has 0 fully saturated rings. The number of methoxy groups -OCH3 is 1. The Morgan fingerprint density at radius 3 is 2.76 bits per heavy atom. The van der Waals surface area contributed by atoms with Gasteiger partial charge < -0.3 is 24.1 Å². The number of hydrogen-bond acceptors (Lipinski definition) is 6. The molecule has 2 heterocycles. The van der Waals surface area contributed by atoms with Gasteiger partial charge in [-0.05, 0) is 61.0 Å². The molecule has 4 rings (SSSR count). The summed E-state index contributed by atoms with van der Waals surface area (Å²) < 4.78 is 16.2. The number of furan rings is 1. The van der Waals surface area contributed by atoms with Crippen molar-refractivity contribution in [3.05, 3.63) is 76.6 Å². The number of hydrogen-bond donors (Lipinski definition) is 1. The number of carbonyl (C=O) groups excluding carboxylic acids is 2. The highest BCUT2D eigenvalue weighted by molar-refractivity contribution is 8.04. The molecular formula is C25H24N2O5S. The number of ether oxygens (including phenoxy) is 2. The van der Waals surface area contributed by atoms with E-state index in [2.05, 4.69) is 5.32 Å². The predicted octanol–water partition coefficient (Wildman–Crippen LogP) is 4.73. The summed E-state index contributed by atoms with van der Waals surface area (Å²) in [4.78, 5) is 28.6. The van der Waals surface area contributed by atoms with E-state index in [-0.39, 0.29) is 11.8 Å². The highest BCUT2D eigenvalue weighted by atomic mass is 32.2. The first-order valence-electron chi connectivity index (χ1n) is 10.4. The molecule has 0 spiro atoms. The lowest BCUT2D eigenvalue weighted by atomic mass is 10.1. The van der Waals surface area contributed by atoms with Gasteiger partial charge in [-0.2, -0.15) is 0 Å². The van der Waals surface area contributed by atoms with E-state index in [4.69, 9.17) is 13.9 Å². The van der Waals surface area contributed by atoms with Crippen LogP contribution in [0.2, 0.25) is 0 Å². The lowest BCUT2D eigenvalue weighted by Crippen LogP contribution is -2.31. The van der Waals surface area contributed by atoms with Crippen LogP contribution in [0.4, 0.5) is 5.69 Å². The van der Waals surface area contributed by atoms with Crippen LogP contribution in [0.1, 0.15) is 28.6 Å². The fourth-order valence-corrected chi connectivity index (χ4v) is 4.51. The van der Waals surface area contributed by atoms with Crippen LogP contribution in [0.25, 0.3) is 6.08 Å². The predicted molar refractivity (Wildman–Crippen MR) is 128 cm³/mol. The molecule has 0 saturated carbocycles. The Balaban J connectivity index is 1.55. The number of thioether (sulfide) groups is 1. The number of rotatable bonds is 7. The second-order valence-electron chi connectivity index (χ2n) is 7.26. The van der Waals surface area contributed by atoms with Crippen LogP contribution in [0.3, 0.4) is 0 Å². The molecule has 170 valence electrons. The number of likely N-dealkylation sites (N-methyl/N-ethyl adjacent to an activating group) is 1. The zero-order valence-corrected chi connectivity index (χ0v) is 19.4. The molecule has 3 aromatic rings. The van der Waals surface area contributed by atoms with Gasteiger partial charge in [0.05, 0.1) is 37.1 Å². The monoisotopic (exact) mass is 464 g/mol. The smallest absolute Gasteiger partial charge is 0.264 e. The summed E-state index contributed by atoms with van der Waals surface area (Å²) in [6.07, 6.45) is 3.39. The van der Waals surface area contributed by atoms with Crippen molar-refractivity contribution in [3.63, 3.8) is 0 Å². The Morgan fingerprint density at radius 1 is 1.18 bits per heavy atom. The summed E-state index contributed by atoms with van der Waals surface area (Å²) in [7, 11) is 3.29. The molecule has 0 radical (unpaired) electrons. The van der Waals surface area contributed by atoms with Gasteiger partial charge in [-0.15, -0.1) is 0 Å². The summed E-state index contributed by atoms with van der Waals surface area (Å²) >= 11 is 1.37. The minimum absolute atomic E-state index is 0.145. The second-order valence-corrected chi connectivity index (χ2v) is 8.35. The van der Waals surface area contributed by atoms with Crippen LogP contribution in [0.5, 0.6) is 11.5 Å². The Morgan fingerprint density at radius 2 is 2.03 bits per heavy atom. The van der Waals surface area contributed by atoms with Crippen molar-refractivity contribution in [2.24, 2.45) is 0 Å². The van der Waals surface area contributed by atoms with Crippen LogP contribution < -0.4 is 19.7 Å². The van der Waals surface area contributed by atoms with Crippen molar-refractivity contribution in [1.82, 2.24) is 5.32 Å². The van der Waals surface area contributed by atoms with Gasteiger partial charge in [-0.3, -0.25) is 9.59 Å². The highest BCUT2D eigenvalue weighted by Gasteiger charge is 2.27. The molecule has 1 aliphatic heterocycles. The molecule has 7 nitrogen and oxygen atoms in total. The Bertz CT molecular complexity index is 1200. The molecule has 8 heteroatoms. The summed E-state index contributed by atoms with van der Waals surface area (Å²) in [5, 5.41) is 2.82. The molecule has 1 N–H and O–H groups in total. The maximum absolute atomic E-state index is 13.0. The van der Waals surface area contributed by atoms with E-state index >= 15 is 0 Å². The second kappa shape index (κ2) is 9.87. The quantitative estimate of drug-likeness (QED) is 0.510. The Labute approximate surface area is 196 Å². The number of nitrogens with one attached hydrogen (secondary N) is 1. The third-order valence-electron chi connectivity index (χ3n) is 5.11. The Hall–Kier alpha value is -3.65. The van der Waals surface area contributed by atoms with Crippen molar-refractivity contribution in [3.8, 4) is 11.5 Å². The topological polar surface area (TPSA) is 81.0 Å². The lowest BCUT2D eigenvalue weighted by molar-refractivity contribution is -0.114. The summed E-state index contributed by atoms with van der Waals surface area (Å²) in [5.74, 6) is 1.56. The van der Waals surface area contributed by atoms with Crippen molar-refractivity contribution >= 4 is 35.3 Å². The van der Waals surface area contributed by atoms with E-state index < -0.39 is 0 Å². The van der Waals surface area contributed by atoms with Gasteiger partial charge >= 0.3 is 0 Å². The van der Waals surface area contributed by atoms with Crippen LogP contribution in [-0.2, 0) is 11.3 Å². The van der Waals surface area contributed by atoms with Crippen LogP contribution in [0.15, 0.2) is 69.0 Å². The molecule has 0 saturated heterocycles. The number of carbonyl (C=O) groups is 2. The highest BCUT2D eigenvalue weighted by Crippen LogP contribution is 2.42. The van der Waals surface area contributed by atoms with Crippen LogP contribution in [-0.4, -0.2) is 32.6 Å². The lowest BCUT2D eigenvalue weighted by Gasteiger charge is -2.27. The van der Waals surface area contributed by atoms with Gasteiger partial charge in [0.1, 0.15) is 5.76 Å². The van der Waals surface area contributed by atoms with Crippen LogP contribution >= 0.6 is 11.8 Å². The van der Waals surface area contributed by atoms with Crippen LogP contribution in [0, 0.1) is 0 Å². The first-order valence-corrected chi connectivity index (χ1v) is 11.2. The van der Waals surface area contributed by atoms with Gasteiger partial charge in [0.15, 0.2) is 11.5 Å². The number of anilines is 1. The molecule has 0 aliphatic carbocycles. The maximum atomic E-state index is 13.0. The van der Waals surface area contributed by atoms with Gasteiger partial charge in [-0.25, -0.2) is 0 Å². The zero-order valence-electron chi connectivity index (χ0n) is 18.6. The van der Waals surface area contributed by atoms with Crippen molar-refractivity contribution < 1.29 is 23.5 Å². The first-order chi connectivity index (χ1) is 16.0. The number of nitrogens with zero attached hydrogens (tertiary/aromatic N) is 1. The third-order valence-corrected chi connectivity index (χ3v) is 6.18. The Kier molecular flexibility index (Phi) is 6.74. The molecule has 1 aliphatic rings. The van der Waals surface area contributed by atoms with Gasteiger partial charge in [-0.1, -0.05) is 17.8 Å². The molecule has 2 amide bonds. The first kappa shape index (κ1) is 22.5. The summed E-state index contributed by atoms with van der Waals surface area (Å²) in [6, 6.07) is 14.5. The van der Waals surface area contributed by atoms with E-state index in [0.717, 1.165) is 10.5 Å². The van der Waals surface area contributed by atoms with E-state index in [1.165, 1.54) is 11.8 Å². The third kappa shape index (κ3) is 4.90. The van der Waals surface area contributed by atoms with E-state index in [0.29, 0.717) is 46.6 Å². The van der Waals surface area contributed by atoms with E-state index in [1.54, 1.807) is 49.6 Å². The summed E-state index contributed by atoms with van der Waals surface area (Å²) in [5.41, 5.74) is 2.00. The number of benzene rings is 2. The normalized spacial score (nSPS) is 14.2. The minimum Gasteiger partial charge on any atom is -0.493 e. The maximum Gasteiger partial charge on any atom is 0.264 e. The van der Waals surface area contributed by atoms with E-state index in [1.807, 2.05) is 37.3 Å². The fraction of sp³-hybridized carbons (Fsp3) is 0.200. The summed E-state index contributed by atoms with van der Waals surface area (Å²) in [6.45, 7) is 2.74. The average Bonchev–Trinajstić information content (AvgIpc) is 3.35. The molecular weight excluding hydrogens is 440 g/mol. The fourth-order valence-electron chi connectivity index (χ4n) is 3.42. The minimum atomic E-state index is -0.233. The zero-order chi connectivity index (χ0) is 23.4. The SMILES string of the molecule is CCOc1ccc(C=C2Sc3ccc(C(=O)NCc4ccco4)cc3N(C)C2=O)cc1OC. The van der Waals surface area contributed by atoms with Crippen molar-refractivity contribution in [1.29, 1.82) is 0 Å². The van der Waals surface area contributed by atoms with Crippen molar-refractivity contribution in [2.75, 3.05) is 25.7 Å². The van der Waals surface area contributed by atoms with Gasteiger partial charge in [0.25, 0.3) is 11.8 Å².